The van der Waals surface area contributed by atoms with E-state index in [0.29, 0.717) is 6.61 Å². The van der Waals surface area contributed by atoms with Gasteiger partial charge in [0, 0.05) is 32.1 Å². The number of hydrogen-bond donors (Lipinski definition) is 4. The van der Waals surface area contributed by atoms with E-state index in [0.717, 1.165) is 64.6 Å². The molecule has 8 heteroatoms. The monoisotopic (exact) mass is 837 g/mol. The van der Waals surface area contributed by atoms with Gasteiger partial charge in [-0.25, -0.2) is 9.59 Å². The Bertz CT molecular complexity index is 535. The van der Waals surface area contributed by atoms with Crippen molar-refractivity contribution in [2.75, 3.05) is 39.3 Å². The second-order valence-electron chi connectivity index (χ2n) is 10.4. The zero-order chi connectivity index (χ0) is 47.4. The van der Waals surface area contributed by atoms with E-state index < -0.39 is 0 Å². The number of allylic oxidation sites excluding steroid dienone is 1. The van der Waals surface area contributed by atoms with Crippen molar-refractivity contribution in [2.45, 2.75) is 260 Å². The molecule has 0 radical (unpaired) electrons. The standard InChI is InChI=1S/C7H14.C6H11NO.C6H13N.C6H8O2.C5H10N2O.10C2H6/c1-2-4-6-7-5-3-1;8-6-4-2-1-3-5-7-6;1-2-4-6-7-5-3-1;7-6-4-2-1-3-5-8-6;8-5-6-3-1-2-4-7-5;10*1-2/h1-7H2;1-5H2,(H,7,8);7H,1-6H2;2,4H,1,3,5H2;1-4H2,(H2,6,7,8);10*1-2H3. The first kappa shape index (κ1) is 80.0. The van der Waals surface area contributed by atoms with Crippen LogP contribution < -0.4 is 21.3 Å². The minimum atomic E-state index is -0.206. The zero-order valence-electron chi connectivity index (χ0n) is 44.0. The molecule has 1 aliphatic carbocycles. The molecular formula is C50H116N4O4. The van der Waals surface area contributed by atoms with Gasteiger partial charge in [-0.2, -0.15) is 0 Å². The van der Waals surface area contributed by atoms with Gasteiger partial charge in [0.05, 0.1) is 6.61 Å². The third kappa shape index (κ3) is 99.7. The Kier molecular flexibility index (Phi) is 145. The van der Waals surface area contributed by atoms with Crippen molar-refractivity contribution < 1.29 is 19.1 Å². The Morgan fingerprint density at radius 1 is 0.379 bits per heavy atom. The highest BCUT2D eigenvalue weighted by Gasteiger charge is 2.04. The number of carbonyl (C=O) groups excluding carboxylic acids is 3. The Morgan fingerprint density at radius 2 is 0.690 bits per heavy atom. The summed E-state index contributed by atoms with van der Waals surface area (Å²) in [5.74, 6) is 0.0185. The topological polar surface area (TPSA) is 109 Å². The summed E-state index contributed by atoms with van der Waals surface area (Å²) in [5.41, 5.74) is 0. The molecule has 0 bridgehead atoms. The first-order chi connectivity index (χ1) is 28.7. The van der Waals surface area contributed by atoms with Crippen molar-refractivity contribution in [1.82, 2.24) is 21.3 Å². The van der Waals surface area contributed by atoms with Gasteiger partial charge in [0.2, 0.25) is 5.91 Å². The lowest BCUT2D eigenvalue weighted by atomic mass is 10.2. The molecule has 0 aromatic rings. The van der Waals surface area contributed by atoms with Gasteiger partial charge in [-0.1, -0.05) is 209 Å². The second kappa shape index (κ2) is 105. The van der Waals surface area contributed by atoms with Gasteiger partial charge in [0.15, 0.2) is 0 Å². The molecule has 5 rings (SSSR count). The summed E-state index contributed by atoms with van der Waals surface area (Å²) >= 11 is 0. The summed E-state index contributed by atoms with van der Waals surface area (Å²) in [4.78, 5) is 31.4. The fourth-order valence-corrected chi connectivity index (χ4v) is 4.44. The maximum absolute atomic E-state index is 10.6. The first-order valence-corrected chi connectivity index (χ1v) is 25.5. The van der Waals surface area contributed by atoms with Gasteiger partial charge in [-0.05, 0) is 64.5 Å². The van der Waals surface area contributed by atoms with Gasteiger partial charge in [0.1, 0.15) is 0 Å². The predicted molar refractivity (Wildman–Crippen MR) is 269 cm³/mol. The van der Waals surface area contributed by atoms with Crippen LogP contribution in [0, 0.1) is 0 Å². The normalized spacial score (nSPS) is 15.4. The number of amides is 3. The van der Waals surface area contributed by atoms with Crippen LogP contribution in [-0.2, 0) is 14.3 Å². The van der Waals surface area contributed by atoms with E-state index in [1.165, 1.54) is 96.2 Å². The highest BCUT2D eigenvalue weighted by Crippen LogP contribution is 2.15. The van der Waals surface area contributed by atoms with E-state index in [1.54, 1.807) is 0 Å². The van der Waals surface area contributed by atoms with Crippen molar-refractivity contribution in [1.29, 1.82) is 0 Å². The third-order valence-corrected chi connectivity index (χ3v) is 6.80. The highest BCUT2D eigenvalue weighted by atomic mass is 16.5. The average Bonchev–Trinajstić information content (AvgIpc) is 4.03. The number of nitrogens with one attached hydrogen (secondary N) is 4. The van der Waals surface area contributed by atoms with Crippen LogP contribution in [0.1, 0.15) is 260 Å². The summed E-state index contributed by atoms with van der Waals surface area (Å²) in [6, 6.07) is -0.0255. The third-order valence-electron chi connectivity index (χ3n) is 6.80. The first-order valence-electron chi connectivity index (χ1n) is 25.5. The van der Waals surface area contributed by atoms with Gasteiger partial charge in [-0.15, -0.1) is 0 Å². The summed E-state index contributed by atoms with van der Waals surface area (Å²) < 4.78 is 4.68. The van der Waals surface area contributed by atoms with Gasteiger partial charge in [-0.3, -0.25) is 4.79 Å². The van der Waals surface area contributed by atoms with E-state index >= 15 is 0 Å². The number of ether oxygens (including phenoxy) is 1. The van der Waals surface area contributed by atoms with E-state index in [1.807, 2.05) is 145 Å². The minimum Gasteiger partial charge on any atom is -0.463 e. The fraction of sp³-hybridized carbons (Fsp3) is 0.900. The number of carbonyl (C=O) groups is 3. The Labute approximate surface area is 369 Å². The maximum Gasteiger partial charge on any atom is 0.330 e. The van der Waals surface area contributed by atoms with E-state index in [-0.39, 0.29) is 17.9 Å². The van der Waals surface area contributed by atoms with Gasteiger partial charge < -0.3 is 26.0 Å². The quantitative estimate of drug-likeness (QED) is 0.144. The van der Waals surface area contributed by atoms with Gasteiger partial charge in [0.25, 0.3) is 0 Å². The van der Waals surface area contributed by atoms with E-state index in [9.17, 15) is 14.4 Å². The van der Waals surface area contributed by atoms with Crippen molar-refractivity contribution in [3.63, 3.8) is 0 Å². The largest absolute Gasteiger partial charge is 0.463 e. The van der Waals surface area contributed by atoms with Crippen LogP contribution in [0.4, 0.5) is 4.79 Å². The molecule has 0 atom stereocenters. The maximum atomic E-state index is 10.6. The Hall–Kier alpha value is -2.09. The number of hydrogen-bond acceptors (Lipinski definition) is 5. The Balaban J connectivity index is -0.0000000560. The fourth-order valence-electron chi connectivity index (χ4n) is 4.44. The lowest BCUT2D eigenvalue weighted by Gasteiger charge is -1.96. The molecule has 4 aliphatic heterocycles. The van der Waals surface area contributed by atoms with Crippen LogP contribution in [0.3, 0.4) is 0 Å². The average molecular weight is 838 g/mol. The lowest BCUT2D eigenvalue weighted by molar-refractivity contribution is -0.137. The highest BCUT2D eigenvalue weighted by molar-refractivity contribution is 5.82. The molecule has 4 heterocycles. The molecular weight excluding hydrogens is 721 g/mol. The number of esters is 1. The summed E-state index contributed by atoms with van der Waals surface area (Å²) in [6.45, 7) is 45.6. The predicted octanol–water partition coefficient (Wildman–Crippen LogP) is 15.8. The summed E-state index contributed by atoms with van der Waals surface area (Å²) in [6.07, 6.45) is 27.8. The molecule has 1 saturated carbocycles. The molecule has 0 aromatic heterocycles. The van der Waals surface area contributed by atoms with Crippen LogP contribution in [0.2, 0.25) is 0 Å². The minimum absolute atomic E-state index is 0.0255. The molecule has 4 fully saturated rings. The lowest BCUT2D eigenvalue weighted by Crippen LogP contribution is -2.32. The van der Waals surface area contributed by atoms with Gasteiger partial charge >= 0.3 is 12.0 Å². The van der Waals surface area contributed by atoms with Crippen LogP contribution in [0.25, 0.3) is 0 Å². The molecule has 5 aliphatic rings. The molecule has 8 nitrogen and oxygen atoms in total. The Morgan fingerprint density at radius 3 is 1.09 bits per heavy atom. The molecule has 360 valence electrons. The van der Waals surface area contributed by atoms with Crippen LogP contribution in [0.15, 0.2) is 12.2 Å². The van der Waals surface area contributed by atoms with E-state index in [2.05, 4.69) is 26.0 Å². The second-order valence-corrected chi connectivity index (χ2v) is 10.4. The van der Waals surface area contributed by atoms with Crippen molar-refractivity contribution in [3.05, 3.63) is 12.2 Å². The number of rotatable bonds is 0. The summed E-state index contributed by atoms with van der Waals surface area (Å²) in [7, 11) is 0. The molecule has 0 spiro atoms. The van der Waals surface area contributed by atoms with Crippen molar-refractivity contribution in [2.24, 2.45) is 0 Å². The zero-order valence-corrected chi connectivity index (χ0v) is 44.0. The number of urea groups is 1. The molecule has 0 unspecified atom stereocenters. The molecule has 4 N–H and O–H groups in total. The molecule has 3 saturated heterocycles. The van der Waals surface area contributed by atoms with Crippen LogP contribution >= 0.6 is 0 Å². The molecule has 3 amide bonds. The van der Waals surface area contributed by atoms with Crippen LogP contribution in [-0.4, -0.2) is 57.2 Å². The van der Waals surface area contributed by atoms with Crippen molar-refractivity contribution in [3.8, 4) is 0 Å². The smallest absolute Gasteiger partial charge is 0.330 e. The summed E-state index contributed by atoms with van der Waals surface area (Å²) in [5, 5.41) is 11.5. The molecule has 58 heavy (non-hydrogen) atoms. The van der Waals surface area contributed by atoms with E-state index in [4.69, 9.17) is 0 Å². The number of cyclic esters (lactones) is 1. The SMILES string of the molecule is C1CCCCCC1.C1CCCNCC1.CC.CC.CC.CC.CC.CC.CC.CC.CC.CC.O=C1C=CCCCO1.O=C1CCCCCN1.O=C1NCCCCN1. The van der Waals surface area contributed by atoms with Crippen molar-refractivity contribution >= 4 is 17.9 Å². The van der Waals surface area contributed by atoms with Crippen LogP contribution in [0.5, 0.6) is 0 Å². The molecule has 0 aromatic carbocycles.